The van der Waals surface area contributed by atoms with Gasteiger partial charge in [0.15, 0.2) is 15.5 Å². The van der Waals surface area contributed by atoms with Gasteiger partial charge in [0.1, 0.15) is 4.75 Å². The Labute approximate surface area is 262 Å². The minimum Gasteiger partial charge on any atom is -0.483 e. The van der Waals surface area contributed by atoms with Gasteiger partial charge in [0.05, 0.1) is 10.9 Å². The number of sulfone groups is 1. The molecule has 2 aromatic rings. The van der Waals surface area contributed by atoms with Crippen LogP contribution in [0.1, 0.15) is 49.7 Å². The first-order valence-electron chi connectivity index (χ1n) is 14.1. The predicted molar refractivity (Wildman–Crippen MR) is 155 cm³/mol. The Kier molecular flexibility index (Phi) is 9.53. The van der Waals surface area contributed by atoms with E-state index in [9.17, 15) is 39.6 Å². The lowest BCUT2D eigenvalue weighted by molar-refractivity contribution is -0.348. The van der Waals surface area contributed by atoms with Crippen molar-refractivity contribution in [3.8, 4) is 0 Å². The number of carbonyl (C=O) groups excluding carboxylic acids is 1. The molecule has 2 aromatic carbocycles. The van der Waals surface area contributed by atoms with E-state index < -0.39 is 55.8 Å². The quantitative estimate of drug-likeness (QED) is 0.255. The van der Waals surface area contributed by atoms with Crippen molar-refractivity contribution >= 4 is 42.4 Å². The number of benzene rings is 2. The average Bonchev–Trinajstić information content (AvgIpc) is 3.37. The molecule has 1 saturated heterocycles. The highest BCUT2D eigenvalue weighted by molar-refractivity contribution is 7.92. The second-order valence-corrected chi connectivity index (χ2v) is 14.5. The van der Waals surface area contributed by atoms with E-state index in [1.54, 1.807) is 0 Å². The van der Waals surface area contributed by atoms with Gasteiger partial charge in [0.2, 0.25) is 0 Å². The predicted octanol–water partition coefficient (Wildman–Crippen LogP) is 5.57. The third-order valence-corrected chi connectivity index (χ3v) is 12.0. The zero-order valence-corrected chi connectivity index (χ0v) is 26.3. The molecule has 3 aliphatic rings. The van der Waals surface area contributed by atoms with Crippen LogP contribution < -0.4 is 10.2 Å². The van der Waals surface area contributed by atoms with E-state index in [4.69, 9.17) is 9.90 Å². The van der Waals surface area contributed by atoms with Gasteiger partial charge in [-0.05, 0) is 61.2 Å². The van der Waals surface area contributed by atoms with Crippen LogP contribution in [0.3, 0.4) is 0 Å². The highest BCUT2D eigenvalue weighted by Crippen LogP contribution is 2.57. The Bertz CT molecular complexity index is 1570. The molecule has 0 bridgehead atoms. The van der Waals surface area contributed by atoms with E-state index in [1.165, 1.54) is 36.2 Å². The fourth-order valence-electron chi connectivity index (χ4n) is 6.83. The lowest BCUT2D eigenvalue weighted by Gasteiger charge is -2.47. The lowest BCUT2D eigenvalue weighted by Crippen LogP contribution is -2.60. The fourth-order valence-corrected chi connectivity index (χ4v) is 9.32. The first-order chi connectivity index (χ1) is 21.2. The van der Waals surface area contributed by atoms with Crippen LogP contribution >= 0.6 is 9.24 Å². The van der Waals surface area contributed by atoms with Gasteiger partial charge >= 0.3 is 18.0 Å². The molecule has 1 amide bonds. The summed E-state index contributed by atoms with van der Waals surface area (Å²) in [4.78, 5) is 24.2. The number of nitrogens with zero attached hydrogens (tertiary/aromatic N) is 2. The van der Waals surface area contributed by atoms with Crippen molar-refractivity contribution in [2.45, 2.75) is 77.9 Å². The van der Waals surface area contributed by atoms with Gasteiger partial charge in [0, 0.05) is 31.4 Å². The number of likely N-dealkylation sites (tertiary alicyclic amines) is 1. The molecule has 2 heterocycles. The molecule has 1 N–H and O–H groups in total. The molecule has 2 fully saturated rings. The van der Waals surface area contributed by atoms with Crippen LogP contribution in [0.15, 0.2) is 47.4 Å². The maximum Gasteiger partial charge on any atom is 0.435 e. The number of hydrogen-bond acceptors (Lipinski definition) is 5. The molecular weight excluding hydrogens is 671 g/mol. The van der Waals surface area contributed by atoms with Crippen molar-refractivity contribution in [1.82, 2.24) is 4.90 Å². The number of hydrogen-bond donors (Lipinski definition) is 1. The number of fused-ring (bicyclic) bond motifs is 3. The van der Waals surface area contributed by atoms with Crippen molar-refractivity contribution in [2.75, 3.05) is 25.0 Å². The van der Waals surface area contributed by atoms with Crippen molar-refractivity contribution < 1.29 is 58.2 Å². The summed E-state index contributed by atoms with van der Waals surface area (Å²) < 4.78 is 140. The molecule has 1 saturated carbocycles. The van der Waals surface area contributed by atoms with Crippen LogP contribution in [0.4, 0.5) is 40.8 Å². The maximum absolute atomic E-state index is 16.0. The summed E-state index contributed by atoms with van der Waals surface area (Å²) in [6.07, 6.45) is -11.5. The van der Waals surface area contributed by atoms with Crippen LogP contribution in [0.25, 0.3) is 0 Å². The van der Waals surface area contributed by atoms with E-state index in [0.717, 1.165) is 17.4 Å². The third-order valence-electron chi connectivity index (χ3n) is 9.09. The number of carbonyl (C=O) groups is 2. The summed E-state index contributed by atoms with van der Waals surface area (Å²) in [5, 5.41) is 7.53. The van der Waals surface area contributed by atoms with Crippen molar-refractivity contribution in [2.24, 2.45) is 0 Å². The molecule has 17 heteroatoms. The number of halogens is 8. The van der Waals surface area contributed by atoms with Crippen molar-refractivity contribution in [3.63, 3.8) is 0 Å². The molecular formula is C29H31F8N2O5PS. The Morgan fingerprint density at radius 1 is 0.957 bits per heavy atom. The zero-order chi connectivity index (χ0) is 34.5. The number of carboxylic acid groups (broad SMARTS) is 1. The van der Waals surface area contributed by atoms with Crippen LogP contribution in [0, 0.1) is 0 Å². The van der Waals surface area contributed by atoms with Crippen LogP contribution in [-0.2, 0) is 29.8 Å². The molecule has 1 aliphatic carbocycles. The summed E-state index contributed by atoms with van der Waals surface area (Å²) in [5.41, 5.74) is -10.3. The van der Waals surface area contributed by atoms with E-state index >= 15 is 8.78 Å². The third kappa shape index (κ3) is 5.52. The second kappa shape index (κ2) is 12.2. The Balaban J connectivity index is 0.00000154. The molecule has 3 atom stereocenters. The molecule has 3 unspecified atom stereocenters. The number of alkyl halides is 8. The number of likely N-dealkylation sites (N-methyl/N-ethyl adjacent to an activating group) is 1. The molecule has 7 nitrogen and oxygen atoms in total. The minimum absolute atomic E-state index is 0.0479. The normalized spacial score (nSPS) is 23.1. The van der Waals surface area contributed by atoms with E-state index in [2.05, 4.69) is 9.24 Å². The first-order valence-corrected chi connectivity index (χ1v) is 16.2. The summed E-state index contributed by atoms with van der Waals surface area (Å²) in [6, 6.07) is 5.78. The number of amides is 1. The molecule has 254 valence electrons. The monoisotopic (exact) mass is 702 g/mol. The van der Waals surface area contributed by atoms with Crippen LogP contribution in [0.2, 0.25) is 0 Å². The molecule has 46 heavy (non-hydrogen) atoms. The summed E-state index contributed by atoms with van der Waals surface area (Å²) in [7, 11) is -0.854. The van der Waals surface area contributed by atoms with Gasteiger partial charge in [-0.1, -0.05) is 30.7 Å². The SMILES string of the molecule is CN1CC2N(C(=O)C3(F)CCCCC3)CCC2(S(=O)(=O)c2ccc(P)cc2)c2ccc(C(F)(C(F)(F)F)C(F)(F)F)cc21.O=CO. The van der Waals surface area contributed by atoms with Crippen molar-refractivity contribution in [1.29, 1.82) is 0 Å². The summed E-state index contributed by atoms with van der Waals surface area (Å²) in [6.45, 7) is -0.833. The van der Waals surface area contributed by atoms with Crippen LogP contribution in [0.5, 0.6) is 0 Å². The standard InChI is InChI=1S/C28H29F8N2O3PS.CH2O2/c1-37-16-22-25(43(40,41)19-8-6-18(42)7-9-19,13-14-38(22)23(39)24(29)11-3-2-4-12-24)20-10-5-17(15-21(20)37)26(30,27(31,32)33)28(34,35)36;2-1-3/h5-10,15,22H,2-4,11-14,16,42H2,1H3;1H,(H,2,3). The van der Waals surface area contributed by atoms with E-state index in [0.29, 0.717) is 30.3 Å². The molecule has 0 spiro atoms. The molecule has 0 radical (unpaired) electrons. The molecule has 2 aliphatic heterocycles. The summed E-state index contributed by atoms with van der Waals surface area (Å²) >= 11 is 0. The topological polar surface area (TPSA) is 95.0 Å². The fraction of sp³-hybridized carbons (Fsp3) is 0.517. The second-order valence-electron chi connectivity index (χ2n) is 11.6. The van der Waals surface area contributed by atoms with Gasteiger partial charge in [-0.3, -0.25) is 9.59 Å². The first kappa shape index (κ1) is 35.8. The minimum atomic E-state index is -6.37. The Morgan fingerprint density at radius 2 is 1.50 bits per heavy atom. The highest BCUT2D eigenvalue weighted by atomic mass is 32.2. The maximum atomic E-state index is 16.0. The Hall–Kier alpha value is -3.00. The zero-order valence-electron chi connectivity index (χ0n) is 24.3. The number of rotatable bonds is 4. The van der Waals surface area contributed by atoms with Gasteiger partial charge in [-0.2, -0.15) is 26.3 Å². The van der Waals surface area contributed by atoms with E-state index in [-0.39, 0.29) is 55.0 Å². The largest absolute Gasteiger partial charge is 0.483 e. The van der Waals surface area contributed by atoms with Gasteiger partial charge in [0.25, 0.3) is 12.4 Å². The smallest absolute Gasteiger partial charge is 0.435 e. The number of anilines is 1. The van der Waals surface area contributed by atoms with Crippen molar-refractivity contribution in [3.05, 3.63) is 53.6 Å². The molecule has 0 aromatic heterocycles. The average molecular weight is 703 g/mol. The van der Waals surface area contributed by atoms with Crippen LogP contribution in [-0.4, -0.2) is 75.0 Å². The van der Waals surface area contributed by atoms with Gasteiger partial charge in [-0.25, -0.2) is 17.2 Å². The van der Waals surface area contributed by atoms with Gasteiger partial charge < -0.3 is 14.9 Å². The van der Waals surface area contributed by atoms with Gasteiger partial charge in [-0.15, -0.1) is 9.24 Å². The lowest BCUT2D eigenvalue weighted by atomic mass is 9.81. The highest BCUT2D eigenvalue weighted by Gasteiger charge is 2.74. The van der Waals surface area contributed by atoms with E-state index in [1.807, 2.05) is 0 Å². The molecule has 5 rings (SSSR count). The Morgan fingerprint density at radius 3 is 2.02 bits per heavy atom. The summed E-state index contributed by atoms with van der Waals surface area (Å²) in [5.74, 6) is -0.889.